The van der Waals surface area contributed by atoms with Gasteiger partial charge in [0.15, 0.2) is 0 Å². The molecule has 19 heavy (non-hydrogen) atoms. The lowest BCUT2D eigenvalue weighted by Crippen LogP contribution is -2.54. The molecule has 1 aromatic rings. The highest BCUT2D eigenvalue weighted by molar-refractivity contribution is 7.12. The monoisotopic (exact) mass is 279 g/mol. The molecule has 3 nitrogen and oxygen atoms in total. The first kappa shape index (κ1) is 13.6. The van der Waals surface area contributed by atoms with Gasteiger partial charge in [-0.1, -0.05) is 0 Å². The van der Waals surface area contributed by atoms with Crippen LogP contribution in [0, 0.1) is 6.92 Å². The summed E-state index contributed by atoms with van der Waals surface area (Å²) < 4.78 is 0. The van der Waals surface area contributed by atoms with Gasteiger partial charge in [0, 0.05) is 48.0 Å². The van der Waals surface area contributed by atoms with Gasteiger partial charge in [0.2, 0.25) is 0 Å². The molecule has 0 aliphatic carbocycles. The van der Waals surface area contributed by atoms with Crippen LogP contribution in [0.15, 0.2) is 6.07 Å². The highest BCUT2D eigenvalue weighted by Crippen LogP contribution is 2.28. The van der Waals surface area contributed by atoms with Gasteiger partial charge in [-0.3, -0.25) is 9.80 Å². The van der Waals surface area contributed by atoms with Crippen molar-refractivity contribution in [1.82, 2.24) is 9.80 Å². The molecule has 2 atom stereocenters. The number of nitrogens with two attached hydrogens (primary N) is 1. The van der Waals surface area contributed by atoms with E-state index in [1.165, 1.54) is 47.8 Å². The van der Waals surface area contributed by atoms with E-state index < -0.39 is 0 Å². The van der Waals surface area contributed by atoms with E-state index in [0.29, 0.717) is 12.6 Å². The highest BCUT2D eigenvalue weighted by Gasteiger charge is 2.34. The molecule has 106 valence electrons. The van der Waals surface area contributed by atoms with Crippen LogP contribution >= 0.6 is 11.3 Å². The zero-order valence-electron chi connectivity index (χ0n) is 12.1. The topological polar surface area (TPSA) is 32.5 Å². The Kier molecular flexibility index (Phi) is 3.94. The third kappa shape index (κ3) is 2.72. The number of fused-ring (bicyclic) bond motifs is 1. The van der Waals surface area contributed by atoms with E-state index in [4.69, 9.17) is 5.73 Å². The van der Waals surface area contributed by atoms with Crippen LogP contribution in [0.25, 0.3) is 0 Å². The van der Waals surface area contributed by atoms with Crippen LogP contribution in [0.2, 0.25) is 0 Å². The Morgan fingerprint density at radius 1 is 1.42 bits per heavy atom. The molecule has 0 aromatic carbocycles. The Morgan fingerprint density at radius 3 is 3.00 bits per heavy atom. The first-order valence-electron chi connectivity index (χ1n) is 7.43. The van der Waals surface area contributed by atoms with Crippen LogP contribution in [-0.2, 0) is 13.1 Å². The van der Waals surface area contributed by atoms with Crippen molar-refractivity contribution < 1.29 is 0 Å². The Hall–Kier alpha value is -0.420. The van der Waals surface area contributed by atoms with E-state index >= 15 is 0 Å². The van der Waals surface area contributed by atoms with Crippen LogP contribution in [0.1, 0.15) is 35.1 Å². The summed E-state index contributed by atoms with van der Waals surface area (Å²) in [7, 11) is 0. The molecule has 3 rings (SSSR count). The molecule has 2 aliphatic heterocycles. The number of thiophene rings is 1. The summed E-state index contributed by atoms with van der Waals surface area (Å²) in [5, 5.41) is 0. The number of hydrogen-bond acceptors (Lipinski definition) is 4. The second-order valence-electron chi connectivity index (χ2n) is 6.07. The van der Waals surface area contributed by atoms with Crippen LogP contribution in [-0.4, -0.2) is 41.5 Å². The fourth-order valence-electron chi connectivity index (χ4n) is 3.53. The Balaban J connectivity index is 1.69. The van der Waals surface area contributed by atoms with E-state index in [-0.39, 0.29) is 0 Å². The van der Waals surface area contributed by atoms with Gasteiger partial charge in [-0.05, 0) is 44.9 Å². The van der Waals surface area contributed by atoms with Crippen LogP contribution < -0.4 is 5.73 Å². The van der Waals surface area contributed by atoms with Crippen molar-refractivity contribution >= 4 is 11.3 Å². The first-order valence-corrected chi connectivity index (χ1v) is 8.25. The molecule has 2 saturated heterocycles. The molecule has 0 spiro atoms. The fourth-order valence-corrected chi connectivity index (χ4v) is 4.46. The normalized spacial score (nSPS) is 28.8. The molecule has 4 heteroatoms. The minimum Gasteiger partial charge on any atom is -0.326 e. The second-order valence-corrected chi connectivity index (χ2v) is 7.41. The maximum absolute atomic E-state index is 5.75. The molecule has 0 amide bonds. The summed E-state index contributed by atoms with van der Waals surface area (Å²) in [6.07, 6.45) is 2.78. The lowest BCUT2D eigenvalue weighted by Gasteiger charge is -2.42. The maximum atomic E-state index is 5.75. The van der Waals surface area contributed by atoms with E-state index in [2.05, 4.69) is 29.7 Å². The van der Waals surface area contributed by atoms with Gasteiger partial charge >= 0.3 is 0 Å². The molecule has 3 heterocycles. The molecule has 0 radical (unpaired) electrons. The van der Waals surface area contributed by atoms with E-state index in [1.54, 1.807) is 0 Å². The summed E-state index contributed by atoms with van der Waals surface area (Å²) in [5.41, 5.74) is 7.24. The van der Waals surface area contributed by atoms with Gasteiger partial charge < -0.3 is 5.73 Å². The SMILES string of the molecule is Cc1sc(CN)cc1CN1CC2CCCN2CC1C. The number of aryl methyl sites for hydroxylation is 1. The van der Waals surface area contributed by atoms with Crippen LogP contribution in [0.5, 0.6) is 0 Å². The van der Waals surface area contributed by atoms with Gasteiger partial charge in [-0.25, -0.2) is 0 Å². The Bertz CT molecular complexity index is 443. The Morgan fingerprint density at radius 2 is 2.26 bits per heavy atom. The fraction of sp³-hybridized carbons (Fsp3) is 0.733. The van der Waals surface area contributed by atoms with Crippen molar-refractivity contribution in [2.45, 2.75) is 51.9 Å². The summed E-state index contributed by atoms with van der Waals surface area (Å²) in [6.45, 7) is 10.2. The minimum absolute atomic E-state index is 0.676. The third-order valence-corrected chi connectivity index (χ3v) is 5.83. The lowest BCUT2D eigenvalue weighted by atomic mass is 10.1. The smallest absolute Gasteiger partial charge is 0.0274 e. The van der Waals surface area contributed by atoms with Crippen molar-refractivity contribution in [3.8, 4) is 0 Å². The van der Waals surface area contributed by atoms with Crippen molar-refractivity contribution in [2.24, 2.45) is 5.73 Å². The molecule has 1 aromatic heterocycles. The molecule has 2 fully saturated rings. The zero-order valence-corrected chi connectivity index (χ0v) is 12.9. The third-order valence-electron chi connectivity index (χ3n) is 4.71. The predicted octanol–water partition coefficient (Wildman–Crippen LogP) is 2.18. The highest BCUT2D eigenvalue weighted by atomic mass is 32.1. The first-order chi connectivity index (χ1) is 9.17. The maximum Gasteiger partial charge on any atom is 0.0274 e. The second kappa shape index (κ2) is 5.52. The molecule has 0 saturated carbocycles. The van der Waals surface area contributed by atoms with Gasteiger partial charge in [0.05, 0.1) is 0 Å². The van der Waals surface area contributed by atoms with Crippen LogP contribution in [0.3, 0.4) is 0 Å². The Labute approximate surface area is 120 Å². The number of nitrogens with zero attached hydrogens (tertiary/aromatic N) is 2. The summed E-state index contributed by atoms with van der Waals surface area (Å²) >= 11 is 1.86. The lowest BCUT2D eigenvalue weighted by molar-refractivity contribution is 0.0540. The quantitative estimate of drug-likeness (QED) is 0.920. The van der Waals surface area contributed by atoms with Gasteiger partial charge in [-0.2, -0.15) is 0 Å². The molecule has 2 unspecified atom stereocenters. The standard InChI is InChI=1S/C15H25N3S/c1-11-8-17-5-3-4-14(17)10-18(11)9-13-6-15(7-16)19-12(13)2/h6,11,14H,3-5,7-10,16H2,1-2H3. The van der Waals surface area contributed by atoms with Gasteiger partial charge in [0.1, 0.15) is 0 Å². The largest absolute Gasteiger partial charge is 0.326 e. The summed E-state index contributed by atoms with van der Waals surface area (Å²) in [4.78, 5) is 8.12. The predicted molar refractivity (Wildman–Crippen MR) is 81.4 cm³/mol. The van der Waals surface area contributed by atoms with Crippen molar-refractivity contribution in [3.05, 3.63) is 21.4 Å². The summed E-state index contributed by atoms with van der Waals surface area (Å²) in [6, 6.07) is 3.80. The molecule has 0 bridgehead atoms. The van der Waals surface area contributed by atoms with Gasteiger partial charge in [0.25, 0.3) is 0 Å². The molecular weight excluding hydrogens is 254 g/mol. The molecular formula is C15H25N3S. The number of rotatable bonds is 3. The van der Waals surface area contributed by atoms with E-state index in [0.717, 1.165) is 12.6 Å². The van der Waals surface area contributed by atoms with Gasteiger partial charge in [-0.15, -0.1) is 11.3 Å². The average molecular weight is 279 g/mol. The molecule has 2 aliphatic rings. The number of piperazine rings is 1. The average Bonchev–Trinajstić information content (AvgIpc) is 2.97. The van der Waals surface area contributed by atoms with Crippen molar-refractivity contribution in [2.75, 3.05) is 19.6 Å². The zero-order chi connectivity index (χ0) is 13.4. The van der Waals surface area contributed by atoms with E-state index in [9.17, 15) is 0 Å². The van der Waals surface area contributed by atoms with Crippen molar-refractivity contribution in [3.63, 3.8) is 0 Å². The molecule has 2 N–H and O–H groups in total. The van der Waals surface area contributed by atoms with E-state index in [1.807, 2.05) is 11.3 Å². The van der Waals surface area contributed by atoms with Crippen molar-refractivity contribution in [1.29, 1.82) is 0 Å². The van der Waals surface area contributed by atoms with Crippen LogP contribution in [0.4, 0.5) is 0 Å². The minimum atomic E-state index is 0.676. The number of hydrogen-bond donors (Lipinski definition) is 1. The summed E-state index contributed by atoms with van der Waals surface area (Å²) in [5.74, 6) is 0.